The molecular weight excluding hydrogens is 275 g/mol. The molecule has 2 aromatic rings. The molecule has 0 aromatic heterocycles. The van der Waals surface area contributed by atoms with Gasteiger partial charge in [0, 0.05) is 17.8 Å². The highest BCUT2D eigenvalue weighted by Crippen LogP contribution is 2.31. The fourth-order valence-electron chi connectivity index (χ4n) is 2.03. The van der Waals surface area contributed by atoms with Crippen LogP contribution in [-0.4, -0.2) is 12.0 Å². The van der Waals surface area contributed by atoms with E-state index in [4.69, 9.17) is 4.74 Å². The number of ether oxygens (including phenoxy) is 1. The van der Waals surface area contributed by atoms with E-state index in [1.807, 2.05) is 6.92 Å². The summed E-state index contributed by atoms with van der Waals surface area (Å²) in [5.74, 6) is -0.120. The molecule has 6 heteroatoms. The minimum atomic E-state index is -0.503. The van der Waals surface area contributed by atoms with E-state index in [1.165, 1.54) is 31.4 Å². The molecule has 1 unspecified atom stereocenters. The molecule has 0 radical (unpaired) electrons. The summed E-state index contributed by atoms with van der Waals surface area (Å²) in [6.45, 7) is 1.85. The number of benzene rings is 2. The van der Waals surface area contributed by atoms with Crippen molar-refractivity contribution in [3.05, 3.63) is 64.0 Å². The number of nitrogens with zero attached hydrogens (tertiary/aromatic N) is 1. The van der Waals surface area contributed by atoms with Crippen LogP contribution in [0.15, 0.2) is 42.5 Å². The van der Waals surface area contributed by atoms with Crippen LogP contribution in [0.3, 0.4) is 0 Å². The zero-order valence-corrected chi connectivity index (χ0v) is 11.7. The summed E-state index contributed by atoms with van der Waals surface area (Å²) in [6, 6.07) is 10.6. The smallest absolute Gasteiger partial charge is 0.312 e. The van der Waals surface area contributed by atoms with Gasteiger partial charge in [0.1, 0.15) is 5.82 Å². The van der Waals surface area contributed by atoms with Gasteiger partial charge in [0.2, 0.25) is 0 Å². The third-order valence-corrected chi connectivity index (χ3v) is 3.11. The molecule has 0 heterocycles. The lowest BCUT2D eigenvalue weighted by Crippen LogP contribution is -2.07. The summed E-state index contributed by atoms with van der Waals surface area (Å²) in [4.78, 5) is 10.5. The van der Waals surface area contributed by atoms with Crippen LogP contribution in [0.5, 0.6) is 5.75 Å². The minimum Gasteiger partial charge on any atom is -0.490 e. The van der Waals surface area contributed by atoms with Crippen molar-refractivity contribution in [2.45, 2.75) is 13.0 Å². The first-order valence-corrected chi connectivity index (χ1v) is 6.35. The van der Waals surface area contributed by atoms with Crippen molar-refractivity contribution in [1.82, 2.24) is 0 Å². The maximum atomic E-state index is 13.2. The van der Waals surface area contributed by atoms with Gasteiger partial charge in [0.15, 0.2) is 5.75 Å². The Balaban J connectivity index is 2.23. The van der Waals surface area contributed by atoms with E-state index in [-0.39, 0.29) is 23.3 Å². The van der Waals surface area contributed by atoms with Crippen molar-refractivity contribution >= 4 is 11.4 Å². The number of hydrogen-bond donors (Lipinski definition) is 1. The van der Waals surface area contributed by atoms with Crippen LogP contribution in [0.4, 0.5) is 15.8 Å². The summed E-state index contributed by atoms with van der Waals surface area (Å²) in [6.07, 6.45) is 0. The number of nitro benzene ring substituents is 1. The van der Waals surface area contributed by atoms with E-state index in [9.17, 15) is 14.5 Å². The number of nitro groups is 1. The summed E-state index contributed by atoms with van der Waals surface area (Å²) < 4.78 is 18.1. The Labute approximate surface area is 121 Å². The van der Waals surface area contributed by atoms with Gasteiger partial charge in [-0.2, -0.15) is 0 Å². The quantitative estimate of drug-likeness (QED) is 0.669. The molecule has 2 rings (SSSR count). The Morgan fingerprint density at radius 1 is 1.29 bits per heavy atom. The second-order valence-electron chi connectivity index (χ2n) is 4.56. The molecule has 2 aromatic carbocycles. The van der Waals surface area contributed by atoms with Gasteiger partial charge in [-0.15, -0.1) is 0 Å². The third kappa shape index (κ3) is 3.47. The van der Waals surface area contributed by atoms with E-state index in [2.05, 4.69) is 5.32 Å². The Morgan fingerprint density at radius 3 is 2.67 bits per heavy atom. The summed E-state index contributed by atoms with van der Waals surface area (Å²) >= 11 is 0. The second kappa shape index (κ2) is 6.21. The molecule has 0 saturated carbocycles. The summed E-state index contributed by atoms with van der Waals surface area (Å²) in [5.41, 5.74) is 1.21. The standard InChI is InChI=1S/C15H15FN2O3/c1-10(11-4-3-5-12(16)8-11)17-13-6-7-15(21-2)14(9-13)18(19)20/h3-10,17H,1-2H3. The first-order chi connectivity index (χ1) is 10.0. The highest BCUT2D eigenvalue weighted by Gasteiger charge is 2.16. The molecule has 0 fully saturated rings. The van der Waals surface area contributed by atoms with Crippen LogP contribution in [0.25, 0.3) is 0 Å². The number of halogens is 1. The number of nitrogens with one attached hydrogen (secondary N) is 1. The van der Waals surface area contributed by atoms with Crippen LogP contribution >= 0.6 is 0 Å². The first kappa shape index (κ1) is 14.8. The molecule has 0 amide bonds. The van der Waals surface area contributed by atoms with Gasteiger partial charge in [-0.25, -0.2) is 4.39 Å². The molecule has 0 bridgehead atoms. The normalized spacial score (nSPS) is 11.8. The van der Waals surface area contributed by atoms with E-state index < -0.39 is 4.92 Å². The molecule has 0 spiro atoms. The molecule has 0 aliphatic heterocycles. The molecule has 1 N–H and O–H groups in total. The van der Waals surface area contributed by atoms with Crippen molar-refractivity contribution in [3.8, 4) is 5.75 Å². The topological polar surface area (TPSA) is 64.4 Å². The number of rotatable bonds is 5. The number of methoxy groups -OCH3 is 1. The lowest BCUT2D eigenvalue weighted by molar-refractivity contribution is -0.385. The second-order valence-corrected chi connectivity index (χ2v) is 4.56. The van der Waals surface area contributed by atoms with E-state index in [0.717, 1.165) is 5.56 Å². The van der Waals surface area contributed by atoms with Crippen LogP contribution in [0, 0.1) is 15.9 Å². The maximum absolute atomic E-state index is 13.2. The Hall–Kier alpha value is -2.63. The van der Waals surface area contributed by atoms with Crippen molar-refractivity contribution in [1.29, 1.82) is 0 Å². The molecule has 110 valence electrons. The van der Waals surface area contributed by atoms with E-state index >= 15 is 0 Å². The number of hydrogen-bond acceptors (Lipinski definition) is 4. The van der Waals surface area contributed by atoms with Crippen LogP contribution in [-0.2, 0) is 0 Å². The fourth-order valence-corrected chi connectivity index (χ4v) is 2.03. The average molecular weight is 290 g/mol. The lowest BCUT2D eigenvalue weighted by atomic mass is 10.1. The van der Waals surface area contributed by atoms with Crippen molar-refractivity contribution in [3.63, 3.8) is 0 Å². The average Bonchev–Trinajstić information content (AvgIpc) is 2.47. The molecule has 5 nitrogen and oxygen atoms in total. The molecule has 21 heavy (non-hydrogen) atoms. The van der Waals surface area contributed by atoms with Crippen molar-refractivity contribution in [2.75, 3.05) is 12.4 Å². The van der Waals surface area contributed by atoms with Gasteiger partial charge in [-0.1, -0.05) is 12.1 Å². The molecule has 0 aliphatic carbocycles. The highest BCUT2D eigenvalue weighted by molar-refractivity contribution is 5.59. The van der Waals surface area contributed by atoms with Crippen LogP contribution in [0.2, 0.25) is 0 Å². The monoisotopic (exact) mass is 290 g/mol. The van der Waals surface area contributed by atoms with Gasteiger partial charge in [-0.3, -0.25) is 10.1 Å². The van der Waals surface area contributed by atoms with Gasteiger partial charge >= 0.3 is 5.69 Å². The molecule has 1 atom stereocenters. The molecule has 0 aliphatic rings. The fraction of sp³-hybridized carbons (Fsp3) is 0.200. The largest absolute Gasteiger partial charge is 0.490 e. The lowest BCUT2D eigenvalue weighted by Gasteiger charge is -2.16. The molecule has 0 saturated heterocycles. The third-order valence-electron chi connectivity index (χ3n) is 3.11. The van der Waals surface area contributed by atoms with Gasteiger partial charge < -0.3 is 10.1 Å². The zero-order valence-electron chi connectivity index (χ0n) is 11.7. The predicted molar refractivity (Wildman–Crippen MR) is 78.1 cm³/mol. The van der Waals surface area contributed by atoms with Crippen LogP contribution < -0.4 is 10.1 Å². The van der Waals surface area contributed by atoms with Gasteiger partial charge in [-0.05, 0) is 36.8 Å². The summed E-state index contributed by atoms with van der Waals surface area (Å²) in [5, 5.41) is 14.1. The van der Waals surface area contributed by atoms with E-state index in [0.29, 0.717) is 5.69 Å². The first-order valence-electron chi connectivity index (χ1n) is 6.35. The van der Waals surface area contributed by atoms with Crippen LogP contribution in [0.1, 0.15) is 18.5 Å². The number of anilines is 1. The Bertz CT molecular complexity index is 661. The Kier molecular flexibility index (Phi) is 4.37. The van der Waals surface area contributed by atoms with E-state index in [1.54, 1.807) is 18.2 Å². The van der Waals surface area contributed by atoms with Crippen molar-refractivity contribution < 1.29 is 14.1 Å². The minimum absolute atomic E-state index is 0.117. The van der Waals surface area contributed by atoms with Gasteiger partial charge in [0.05, 0.1) is 12.0 Å². The zero-order chi connectivity index (χ0) is 15.4. The Morgan fingerprint density at radius 2 is 2.05 bits per heavy atom. The highest BCUT2D eigenvalue weighted by atomic mass is 19.1. The van der Waals surface area contributed by atoms with Gasteiger partial charge in [0.25, 0.3) is 0 Å². The SMILES string of the molecule is COc1ccc(NC(C)c2cccc(F)c2)cc1[N+](=O)[O-]. The maximum Gasteiger partial charge on any atom is 0.312 e. The predicted octanol–water partition coefficient (Wildman–Crippen LogP) is 3.92. The van der Waals surface area contributed by atoms with Crippen molar-refractivity contribution in [2.24, 2.45) is 0 Å². The molecular formula is C15H15FN2O3. The summed E-state index contributed by atoms with van der Waals surface area (Å²) in [7, 11) is 1.38.